The quantitative estimate of drug-likeness (QED) is 0.355. The Hall–Kier alpha value is -4.43. The average Bonchev–Trinajstić information content (AvgIpc) is 2.86. The van der Waals surface area contributed by atoms with E-state index in [9.17, 15) is 19.2 Å². The second-order valence-corrected chi connectivity index (χ2v) is 8.95. The molecule has 0 saturated carbocycles. The number of anilines is 2. The predicted molar refractivity (Wildman–Crippen MR) is 142 cm³/mol. The molecule has 1 aliphatic heterocycles. The summed E-state index contributed by atoms with van der Waals surface area (Å²) >= 11 is 6.15. The van der Waals surface area contributed by atoms with Crippen molar-refractivity contribution < 1.29 is 23.9 Å². The lowest BCUT2D eigenvalue weighted by Crippen LogP contribution is -2.54. The molecule has 1 heterocycles. The van der Waals surface area contributed by atoms with Crippen LogP contribution in [0.4, 0.5) is 16.2 Å². The fourth-order valence-corrected chi connectivity index (χ4v) is 3.84. The SMILES string of the molecule is Cc1ccc(N2C(=O)NC(=O)/C(=C\c3ccc(OCC(=O)Nc4cccc(C)c4C)cc3)C2=O)cc1Cl. The molecule has 1 saturated heterocycles. The van der Waals surface area contributed by atoms with Crippen molar-refractivity contribution in [1.29, 1.82) is 0 Å². The van der Waals surface area contributed by atoms with Crippen molar-refractivity contribution in [2.45, 2.75) is 20.8 Å². The fourth-order valence-electron chi connectivity index (χ4n) is 3.66. The van der Waals surface area contributed by atoms with Crippen LogP contribution in [0.1, 0.15) is 22.3 Å². The van der Waals surface area contributed by atoms with E-state index >= 15 is 0 Å². The topological polar surface area (TPSA) is 105 Å². The molecule has 0 unspecified atom stereocenters. The number of rotatable bonds is 6. The monoisotopic (exact) mass is 517 g/mol. The molecule has 0 atom stereocenters. The van der Waals surface area contributed by atoms with Gasteiger partial charge in [0.05, 0.1) is 5.69 Å². The van der Waals surface area contributed by atoms with Crippen molar-refractivity contribution in [2.75, 3.05) is 16.8 Å². The van der Waals surface area contributed by atoms with Crippen LogP contribution in [-0.4, -0.2) is 30.4 Å². The van der Waals surface area contributed by atoms with Gasteiger partial charge in [-0.3, -0.25) is 19.7 Å². The van der Waals surface area contributed by atoms with Gasteiger partial charge in [-0.2, -0.15) is 0 Å². The number of benzene rings is 3. The van der Waals surface area contributed by atoms with Crippen molar-refractivity contribution in [3.63, 3.8) is 0 Å². The van der Waals surface area contributed by atoms with Crippen molar-refractivity contribution in [2.24, 2.45) is 0 Å². The summed E-state index contributed by atoms with van der Waals surface area (Å²) in [6.07, 6.45) is 1.38. The number of amides is 5. The molecule has 37 heavy (non-hydrogen) atoms. The molecule has 5 amide bonds. The number of nitrogens with one attached hydrogen (secondary N) is 2. The molecule has 188 valence electrons. The highest BCUT2D eigenvalue weighted by molar-refractivity contribution is 6.39. The highest BCUT2D eigenvalue weighted by Gasteiger charge is 2.36. The van der Waals surface area contributed by atoms with Crippen molar-refractivity contribution in [3.05, 3.63) is 93.5 Å². The number of imide groups is 2. The summed E-state index contributed by atoms with van der Waals surface area (Å²) in [5.41, 5.74) is 4.14. The third-order valence-corrected chi connectivity index (χ3v) is 6.36. The summed E-state index contributed by atoms with van der Waals surface area (Å²) in [5.74, 6) is -1.43. The number of hydrogen-bond acceptors (Lipinski definition) is 5. The van der Waals surface area contributed by atoms with E-state index in [2.05, 4.69) is 10.6 Å². The van der Waals surface area contributed by atoms with E-state index in [-0.39, 0.29) is 23.8 Å². The zero-order valence-electron chi connectivity index (χ0n) is 20.4. The molecule has 3 aromatic carbocycles. The molecule has 8 nitrogen and oxygen atoms in total. The van der Waals surface area contributed by atoms with Crippen molar-refractivity contribution >= 4 is 52.8 Å². The highest BCUT2D eigenvalue weighted by atomic mass is 35.5. The van der Waals surface area contributed by atoms with Gasteiger partial charge in [-0.1, -0.05) is 41.9 Å². The molecule has 0 aromatic heterocycles. The number of hydrogen-bond donors (Lipinski definition) is 2. The zero-order chi connectivity index (χ0) is 26.7. The van der Waals surface area contributed by atoms with Gasteiger partial charge >= 0.3 is 6.03 Å². The molecule has 0 aliphatic carbocycles. The largest absolute Gasteiger partial charge is 0.484 e. The summed E-state index contributed by atoms with van der Waals surface area (Å²) in [5, 5.41) is 5.40. The number of barbiturate groups is 1. The van der Waals surface area contributed by atoms with Gasteiger partial charge in [0.1, 0.15) is 11.3 Å². The van der Waals surface area contributed by atoms with E-state index in [1.54, 1.807) is 43.3 Å². The first-order chi connectivity index (χ1) is 17.6. The lowest BCUT2D eigenvalue weighted by molar-refractivity contribution is -0.122. The number of carbonyl (C=O) groups excluding carboxylic acids is 4. The van der Waals surface area contributed by atoms with Gasteiger partial charge in [-0.15, -0.1) is 0 Å². The summed E-state index contributed by atoms with van der Waals surface area (Å²) in [4.78, 5) is 51.0. The van der Waals surface area contributed by atoms with E-state index in [1.807, 2.05) is 32.0 Å². The third kappa shape index (κ3) is 5.70. The minimum atomic E-state index is -0.852. The Morgan fingerprint density at radius 2 is 1.73 bits per heavy atom. The van der Waals surface area contributed by atoms with Crippen LogP contribution < -0.4 is 20.3 Å². The Labute approximate surface area is 218 Å². The van der Waals surface area contributed by atoms with Crippen LogP contribution in [0, 0.1) is 20.8 Å². The van der Waals surface area contributed by atoms with Gasteiger partial charge in [0, 0.05) is 10.7 Å². The van der Waals surface area contributed by atoms with E-state index in [4.69, 9.17) is 16.3 Å². The molecule has 0 radical (unpaired) electrons. The Morgan fingerprint density at radius 3 is 2.43 bits per heavy atom. The van der Waals surface area contributed by atoms with E-state index in [0.29, 0.717) is 16.3 Å². The van der Waals surface area contributed by atoms with Crippen LogP contribution in [0.5, 0.6) is 5.75 Å². The zero-order valence-corrected chi connectivity index (χ0v) is 21.2. The number of urea groups is 1. The first kappa shape index (κ1) is 25.7. The van der Waals surface area contributed by atoms with Crippen LogP contribution in [-0.2, 0) is 14.4 Å². The third-order valence-electron chi connectivity index (χ3n) is 5.96. The van der Waals surface area contributed by atoms with Gasteiger partial charge in [0.25, 0.3) is 17.7 Å². The van der Waals surface area contributed by atoms with E-state index in [0.717, 1.165) is 27.3 Å². The Morgan fingerprint density at radius 1 is 1.00 bits per heavy atom. The van der Waals surface area contributed by atoms with Crippen LogP contribution in [0.2, 0.25) is 5.02 Å². The van der Waals surface area contributed by atoms with Gasteiger partial charge in [0.2, 0.25) is 0 Å². The number of aryl methyl sites for hydroxylation is 2. The maximum Gasteiger partial charge on any atom is 0.335 e. The Balaban J connectivity index is 1.44. The Kier molecular flexibility index (Phi) is 7.40. The van der Waals surface area contributed by atoms with Gasteiger partial charge in [-0.05, 0) is 79.4 Å². The van der Waals surface area contributed by atoms with E-state index < -0.39 is 17.8 Å². The maximum atomic E-state index is 13.1. The number of halogens is 1. The molecule has 9 heteroatoms. The van der Waals surface area contributed by atoms with Crippen LogP contribution >= 0.6 is 11.6 Å². The number of carbonyl (C=O) groups is 4. The number of ether oxygens (including phenoxy) is 1. The van der Waals surface area contributed by atoms with Gasteiger partial charge in [0.15, 0.2) is 6.61 Å². The van der Waals surface area contributed by atoms with Crippen LogP contribution in [0.25, 0.3) is 6.08 Å². The predicted octanol–water partition coefficient (Wildman–Crippen LogP) is 4.95. The van der Waals surface area contributed by atoms with Crippen molar-refractivity contribution in [1.82, 2.24) is 5.32 Å². The normalized spacial score (nSPS) is 14.5. The molecular formula is C28H24ClN3O5. The summed E-state index contributed by atoms with van der Waals surface area (Å²) in [7, 11) is 0. The second kappa shape index (κ2) is 10.7. The lowest BCUT2D eigenvalue weighted by Gasteiger charge is -2.26. The average molecular weight is 518 g/mol. The molecule has 3 aromatic rings. The minimum Gasteiger partial charge on any atom is -0.484 e. The highest BCUT2D eigenvalue weighted by Crippen LogP contribution is 2.27. The maximum absolute atomic E-state index is 13.1. The molecule has 0 bridgehead atoms. The molecular weight excluding hydrogens is 494 g/mol. The first-order valence-electron chi connectivity index (χ1n) is 11.4. The summed E-state index contributed by atoms with van der Waals surface area (Å²) in [6, 6.07) is 16.1. The van der Waals surface area contributed by atoms with E-state index in [1.165, 1.54) is 12.1 Å². The standard InChI is InChI=1S/C28H24ClN3O5/c1-16-5-4-6-24(18(16)3)30-25(33)15-37-21-11-8-19(9-12-21)13-22-26(34)31-28(36)32(27(22)35)20-10-7-17(2)23(29)14-20/h4-14H,15H2,1-3H3,(H,30,33)(H,31,34,36)/b22-13+. The van der Waals surface area contributed by atoms with Gasteiger partial charge in [-0.25, -0.2) is 9.69 Å². The minimum absolute atomic E-state index is 0.190. The van der Waals surface area contributed by atoms with Crippen molar-refractivity contribution in [3.8, 4) is 5.75 Å². The van der Waals surface area contributed by atoms with Crippen LogP contribution in [0.15, 0.2) is 66.2 Å². The van der Waals surface area contributed by atoms with Gasteiger partial charge < -0.3 is 10.1 Å². The molecule has 0 spiro atoms. The lowest BCUT2D eigenvalue weighted by atomic mass is 10.1. The molecule has 2 N–H and O–H groups in total. The fraction of sp³-hybridized carbons (Fsp3) is 0.143. The molecule has 4 rings (SSSR count). The number of nitrogens with zero attached hydrogens (tertiary/aromatic N) is 1. The summed E-state index contributed by atoms with van der Waals surface area (Å²) < 4.78 is 5.56. The smallest absolute Gasteiger partial charge is 0.335 e. The first-order valence-corrected chi connectivity index (χ1v) is 11.8. The summed E-state index contributed by atoms with van der Waals surface area (Å²) in [6.45, 7) is 5.51. The Bertz CT molecular complexity index is 1450. The molecule has 1 fully saturated rings. The molecule has 1 aliphatic rings. The second-order valence-electron chi connectivity index (χ2n) is 8.54. The van der Waals surface area contributed by atoms with Crippen LogP contribution in [0.3, 0.4) is 0 Å².